The van der Waals surface area contributed by atoms with Gasteiger partial charge in [-0.1, -0.05) is 17.7 Å². The third-order valence-electron chi connectivity index (χ3n) is 3.66. The fraction of sp³-hybridized carbons (Fsp3) is 0.438. The third kappa shape index (κ3) is 2.81. The Morgan fingerprint density at radius 1 is 1.20 bits per heavy atom. The number of likely N-dealkylation sites (N-methyl/N-ethyl adjacent to an activating group) is 1. The molecule has 0 unspecified atom stereocenters. The first-order valence-electron chi connectivity index (χ1n) is 6.89. The molecule has 0 saturated heterocycles. The molecule has 2 rings (SSSR count). The molecule has 1 N–H and O–H groups in total. The van der Waals surface area contributed by atoms with E-state index in [4.69, 9.17) is 0 Å². The van der Waals surface area contributed by atoms with Crippen LogP contribution in [0.15, 0.2) is 16.7 Å². The van der Waals surface area contributed by atoms with Gasteiger partial charge in [0.05, 0.1) is 5.69 Å². The lowest BCUT2D eigenvalue weighted by atomic mass is 9.97. The quantitative estimate of drug-likeness (QED) is 0.926. The van der Waals surface area contributed by atoms with Crippen LogP contribution < -0.4 is 5.32 Å². The fourth-order valence-electron chi connectivity index (χ4n) is 2.79. The van der Waals surface area contributed by atoms with E-state index in [1.165, 1.54) is 27.9 Å². The summed E-state index contributed by atoms with van der Waals surface area (Å²) in [7, 11) is 4.06. The molecule has 0 fully saturated rings. The fourth-order valence-corrected chi connectivity index (χ4v) is 3.46. The van der Waals surface area contributed by atoms with Gasteiger partial charge in [0, 0.05) is 25.6 Å². The summed E-state index contributed by atoms with van der Waals surface area (Å²) in [6.07, 6.45) is 0.926. The van der Waals surface area contributed by atoms with E-state index in [0.29, 0.717) is 0 Å². The minimum absolute atomic E-state index is 0.926. The number of benzene rings is 1. The number of halogens is 1. The number of aromatic nitrogens is 2. The Labute approximate surface area is 129 Å². The van der Waals surface area contributed by atoms with Gasteiger partial charge in [0.25, 0.3) is 0 Å². The van der Waals surface area contributed by atoms with Crippen molar-refractivity contribution in [3.63, 3.8) is 0 Å². The van der Waals surface area contributed by atoms with E-state index in [1.807, 2.05) is 7.05 Å². The maximum Gasteiger partial charge on any atom is 0.132 e. The first kappa shape index (κ1) is 15.3. The molecule has 0 aliphatic rings. The number of rotatable bonds is 4. The van der Waals surface area contributed by atoms with Gasteiger partial charge < -0.3 is 9.88 Å². The highest BCUT2D eigenvalue weighted by molar-refractivity contribution is 9.10. The molecule has 0 atom stereocenters. The summed E-state index contributed by atoms with van der Waals surface area (Å²) >= 11 is 3.63. The lowest BCUT2D eigenvalue weighted by molar-refractivity contribution is 0.719. The Morgan fingerprint density at radius 2 is 1.80 bits per heavy atom. The van der Waals surface area contributed by atoms with E-state index in [-0.39, 0.29) is 0 Å². The molecule has 20 heavy (non-hydrogen) atoms. The van der Waals surface area contributed by atoms with Gasteiger partial charge in [0.2, 0.25) is 0 Å². The molecule has 0 radical (unpaired) electrons. The van der Waals surface area contributed by atoms with E-state index in [0.717, 1.165) is 23.4 Å². The van der Waals surface area contributed by atoms with Crippen LogP contribution in [0, 0.1) is 20.8 Å². The number of nitrogens with one attached hydrogen (secondary N) is 1. The Hall–Kier alpha value is -1.13. The molecule has 0 saturated carbocycles. The van der Waals surface area contributed by atoms with Crippen molar-refractivity contribution in [3.8, 4) is 11.3 Å². The van der Waals surface area contributed by atoms with Gasteiger partial charge in [-0.25, -0.2) is 4.98 Å². The van der Waals surface area contributed by atoms with Crippen LogP contribution in [0.5, 0.6) is 0 Å². The number of hydrogen-bond acceptors (Lipinski definition) is 2. The summed E-state index contributed by atoms with van der Waals surface area (Å²) in [6.45, 7) is 7.41. The normalized spacial score (nSPS) is 11.1. The first-order valence-corrected chi connectivity index (χ1v) is 7.69. The molecule has 1 aromatic heterocycles. The van der Waals surface area contributed by atoms with E-state index in [2.05, 4.69) is 70.7 Å². The molecule has 0 aliphatic heterocycles. The van der Waals surface area contributed by atoms with Crippen LogP contribution in [0.3, 0.4) is 0 Å². The molecule has 3 nitrogen and oxygen atoms in total. The van der Waals surface area contributed by atoms with Crippen molar-refractivity contribution in [2.75, 3.05) is 13.6 Å². The van der Waals surface area contributed by atoms with E-state index >= 15 is 0 Å². The van der Waals surface area contributed by atoms with Gasteiger partial charge in [-0.05, 0) is 54.9 Å². The number of imidazole rings is 1. The smallest absolute Gasteiger partial charge is 0.132 e. The highest BCUT2D eigenvalue weighted by Gasteiger charge is 2.17. The molecule has 1 aromatic carbocycles. The van der Waals surface area contributed by atoms with Crippen LogP contribution >= 0.6 is 15.9 Å². The average Bonchev–Trinajstić information content (AvgIpc) is 2.63. The third-order valence-corrected chi connectivity index (χ3v) is 4.21. The zero-order valence-electron chi connectivity index (χ0n) is 12.8. The molecule has 0 spiro atoms. The summed E-state index contributed by atoms with van der Waals surface area (Å²) in [5, 5.41) is 3.17. The predicted molar refractivity (Wildman–Crippen MR) is 88.2 cm³/mol. The SMILES string of the molecule is CNCCc1nc(Br)c(-c2c(C)cc(C)cc2C)n1C. The van der Waals surface area contributed by atoms with Crippen LogP contribution in [0.1, 0.15) is 22.5 Å². The number of nitrogens with zero attached hydrogens (tertiary/aromatic N) is 2. The highest BCUT2D eigenvalue weighted by atomic mass is 79.9. The topological polar surface area (TPSA) is 29.9 Å². The first-order chi connectivity index (χ1) is 9.45. The molecular weight excluding hydrogens is 314 g/mol. The summed E-state index contributed by atoms with van der Waals surface area (Å²) in [5.41, 5.74) is 6.36. The largest absolute Gasteiger partial charge is 0.330 e. The molecule has 108 valence electrons. The van der Waals surface area contributed by atoms with Crippen molar-refractivity contribution in [1.82, 2.24) is 14.9 Å². The number of aryl methyl sites for hydroxylation is 3. The average molecular weight is 336 g/mol. The van der Waals surface area contributed by atoms with E-state index in [9.17, 15) is 0 Å². The van der Waals surface area contributed by atoms with Gasteiger partial charge >= 0.3 is 0 Å². The molecule has 0 amide bonds. The van der Waals surface area contributed by atoms with Crippen LogP contribution in [0.25, 0.3) is 11.3 Å². The predicted octanol–water partition coefficient (Wildman–Crippen LogP) is 3.54. The van der Waals surface area contributed by atoms with Crippen LogP contribution in [-0.2, 0) is 13.5 Å². The zero-order valence-corrected chi connectivity index (χ0v) is 14.4. The van der Waals surface area contributed by atoms with E-state index < -0.39 is 0 Å². The van der Waals surface area contributed by atoms with Crippen molar-refractivity contribution >= 4 is 15.9 Å². The Morgan fingerprint density at radius 3 is 2.35 bits per heavy atom. The minimum atomic E-state index is 0.926. The molecule has 0 aliphatic carbocycles. The highest BCUT2D eigenvalue weighted by Crippen LogP contribution is 2.34. The second-order valence-corrected chi connectivity index (χ2v) is 6.10. The van der Waals surface area contributed by atoms with Gasteiger partial charge in [0.15, 0.2) is 0 Å². The Kier molecular flexibility index (Phi) is 4.66. The van der Waals surface area contributed by atoms with Crippen molar-refractivity contribution in [1.29, 1.82) is 0 Å². The summed E-state index contributed by atoms with van der Waals surface area (Å²) in [6, 6.07) is 4.46. The molecule has 0 bridgehead atoms. The molecule has 1 heterocycles. The standard InChI is InChI=1S/C16H22BrN3/c1-10-8-11(2)14(12(3)9-10)15-16(17)19-13(20(15)5)6-7-18-4/h8-9,18H,6-7H2,1-5H3. The lowest BCUT2D eigenvalue weighted by Gasteiger charge is -2.13. The number of hydrogen-bond donors (Lipinski definition) is 1. The zero-order chi connectivity index (χ0) is 14.9. The van der Waals surface area contributed by atoms with Gasteiger partial charge in [0.1, 0.15) is 10.4 Å². The van der Waals surface area contributed by atoms with Gasteiger partial charge in [-0.15, -0.1) is 0 Å². The van der Waals surface area contributed by atoms with E-state index in [1.54, 1.807) is 0 Å². The lowest BCUT2D eigenvalue weighted by Crippen LogP contribution is -2.13. The maximum absolute atomic E-state index is 4.67. The molecule has 2 aromatic rings. The Balaban J connectivity index is 2.56. The maximum atomic E-state index is 4.67. The molecule has 4 heteroatoms. The van der Waals surface area contributed by atoms with Crippen molar-refractivity contribution in [2.45, 2.75) is 27.2 Å². The summed E-state index contributed by atoms with van der Waals surface area (Å²) in [4.78, 5) is 4.67. The Bertz CT molecular complexity index is 606. The minimum Gasteiger partial charge on any atom is -0.330 e. The van der Waals surface area contributed by atoms with Crippen molar-refractivity contribution in [3.05, 3.63) is 39.3 Å². The van der Waals surface area contributed by atoms with Gasteiger partial charge in [-0.2, -0.15) is 0 Å². The van der Waals surface area contributed by atoms with Crippen LogP contribution in [0.2, 0.25) is 0 Å². The second kappa shape index (κ2) is 6.10. The second-order valence-electron chi connectivity index (χ2n) is 5.35. The molecular formula is C16H22BrN3. The van der Waals surface area contributed by atoms with Crippen LogP contribution in [-0.4, -0.2) is 23.1 Å². The van der Waals surface area contributed by atoms with Crippen molar-refractivity contribution in [2.24, 2.45) is 7.05 Å². The van der Waals surface area contributed by atoms with Crippen LogP contribution in [0.4, 0.5) is 0 Å². The monoisotopic (exact) mass is 335 g/mol. The van der Waals surface area contributed by atoms with Crippen molar-refractivity contribution < 1.29 is 0 Å². The summed E-state index contributed by atoms with van der Waals surface area (Å²) < 4.78 is 3.13. The summed E-state index contributed by atoms with van der Waals surface area (Å²) in [5.74, 6) is 1.10. The van der Waals surface area contributed by atoms with Gasteiger partial charge in [-0.3, -0.25) is 0 Å².